The molecule has 1 saturated heterocycles. The van der Waals surface area contributed by atoms with Crippen molar-refractivity contribution in [2.24, 2.45) is 0 Å². The van der Waals surface area contributed by atoms with Gasteiger partial charge in [0.25, 0.3) is 0 Å². The number of carbonyl (C=O) groups excluding carboxylic acids is 1. The third-order valence-corrected chi connectivity index (χ3v) is 1.77. The second-order valence-electron chi connectivity index (χ2n) is 2.23. The summed E-state index contributed by atoms with van der Waals surface area (Å²) in [6.07, 6.45) is -1.14. The van der Waals surface area contributed by atoms with Crippen molar-refractivity contribution < 1.29 is 22.5 Å². The number of carbonyl (C=O) groups is 1. The van der Waals surface area contributed by atoms with Gasteiger partial charge in [0.05, 0.1) is 13.1 Å². The third kappa shape index (κ3) is 3.03. The molecule has 1 fully saturated rings. The highest BCUT2D eigenvalue weighted by Gasteiger charge is 2.23. The zero-order valence-electron chi connectivity index (χ0n) is 5.98. The van der Waals surface area contributed by atoms with Gasteiger partial charge in [-0.25, -0.2) is 4.79 Å². The Bertz CT molecular complexity index is 273. The summed E-state index contributed by atoms with van der Waals surface area (Å²) in [7, 11) is -4.20. The molecule has 1 heterocycles. The number of amides is 1. The van der Waals surface area contributed by atoms with Gasteiger partial charge in [-0.15, -0.1) is 0 Å². The minimum Gasteiger partial charge on any atom is -0.443 e. The first kappa shape index (κ1) is 9.23. The average molecular weight is 196 g/mol. The van der Waals surface area contributed by atoms with Crippen LogP contribution in [-0.4, -0.2) is 38.3 Å². The van der Waals surface area contributed by atoms with Crippen LogP contribution in [0.4, 0.5) is 4.79 Å². The summed E-state index contributed by atoms with van der Waals surface area (Å²) >= 11 is 0. The van der Waals surface area contributed by atoms with Crippen molar-refractivity contribution >= 4 is 16.4 Å². The van der Waals surface area contributed by atoms with Crippen molar-refractivity contribution in [3.05, 3.63) is 0 Å². The van der Waals surface area contributed by atoms with Gasteiger partial charge in [0, 0.05) is 0 Å². The number of hydrogen-bond donors (Lipinski definition) is 3. The highest BCUT2D eigenvalue weighted by Crippen LogP contribution is 1.97. The Morgan fingerprint density at radius 3 is 2.83 bits per heavy atom. The van der Waals surface area contributed by atoms with Crippen molar-refractivity contribution in [2.45, 2.75) is 6.10 Å². The molecule has 0 radical (unpaired) electrons. The smallest absolute Gasteiger partial charge is 0.407 e. The average Bonchev–Trinajstić information content (AvgIpc) is 2.30. The molecule has 0 aliphatic carbocycles. The first-order valence-corrected chi connectivity index (χ1v) is 4.58. The van der Waals surface area contributed by atoms with Gasteiger partial charge < -0.3 is 10.1 Å². The number of ether oxygens (including phenoxy) is 1. The van der Waals surface area contributed by atoms with E-state index in [0.717, 1.165) is 0 Å². The Balaban J connectivity index is 2.30. The van der Waals surface area contributed by atoms with E-state index in [1.54, 1.807) is 4.72 Å². The third-order valence-electron chi connectivity index (χ3n) is 1.24. The highest BCUT2D eigenvalue weighted by atomic mass is 32.2. The molecule has 12 heavy (non-hydrogen) atoms. The van der Waals surface area contributed by atoms with Gasteiger partial charge >= 0.3 is 16.4 Å². The zero-order valence-corrected chi connectivity index (χ0v) is 6.80. The van der Waals surface area contributed by atoms with Gasteiger partial charge in [-0.2, -0.15) is 13.1 Å². The lowest BCUT2D eigenvalue weighted by molar-refractivity contribution is 0.141. The largest absolute Gasteiger partial charge is 0.443 e. The number of cyclic esters (lactones) is 1. The molecule has 0 saturated carbocycles. The van der Waals surface area contributed by atoms with Gasteiger partial charge in [0.15, 0.2) is 0 Å². The molecule has 7 nitrogen and oxygen atoms in total. The molecule has 0 spiro atoms. The summed E-state index contributed by atoms with van der Waals surface area (Å²) in [5, 5.41) is 2.33. The van der Waals surface area contributed by atoms with E-state index in [2.05, 4.69) is 10.1 Å². The Hall–Kier alpha value is -0.860. The summed E-state index contributed by atoms with van der Waals surface area (Å²) in [5.41, 5.74) is 0. The Morgan fingerprint density at radius 1 is 1.75 bits per heavy atom. The molecule has 3 N–H and O–H groups in total. The van der Waals surface area contributed by atoms with E-state index in [-0.39, 0.29) is 13.1 Å². The molecule has 0 aromatic heterocycles. The summed E-state index contributed by atoms with van der Waals surface area (Å²) < 4.78 is 34.9. The Labute approximate surface area is 69.0 Å². The fraction of sp³-hybridized carbons (Fsp3) is 0.750. The van der Waals surface area contributed by atoms with Gasteiger partial charge in [0.2, 0.25) is 0 Å². The maximum Gasteiger partial charge on any atom is 0.407 e. The number of alkyl carbamates (subject to hydrolysis) is 1. The molecular formula is C4H8N2O5S. The molecule has 1 aliphatic rings. The molecule has 1 aliphatic heterocycles. The molecule has 0 aromatic rings. The van der Waals surface area contributed by atoms with Crippen LogP contribution in [-0.2, 0) is 15.0 Å². The predicted molar refractivity (Wildman–Crippen MR) is 37.8 cm³/mol. The van der Waals surface area contributed by atoms with E-state index in [9.17, 15) is 13.2 Å². The van der Waals surface area contributed by atoms with Gasteiger partial charge in [0.1, 0.15) is 6.10 Å². The molecule has 1 atom stereocenters. The lowest BCUT2D eigenvalue weighted by Gasteiger charge is -2.05. The van der Waals surface area contributed by atoms with Crippen LogP contribution in [0.25, 0.3) is 0 Å². The van der Waals surface area contributed by atoms with E-state index >= 15 is 0 Å². The molecule has 0 bridgehead atoms. The van der Waals surface area contributed by atoms with Crippen molar-refractivity contribution in [1.82, 2.24) is 10.0 Å². The Morgan fingerprint density at radius 2 is 2.42 bits per heavy atom. The van der Waals surface area contributed by atoms with E-state index in [0.29, 0.717) is 0 Å². The lowest BCUT2D eigenvalue weighted by atomic mass is 10.4. The normalized spacial score (nSPS) is 23.4. The topological polar surface area (TPSA) is 105 Å². The summed E-state index contributed by atoms with van der Waals surface area (Å²) in [6, 6.07) is 0. The zero-order chi connectivity index (χ0) is 9.19. The van der Waals surface area contributed by atoms with Crippen LogP contribution in [0, 0.1) is 0 Å². The molecular weight excluding hydrogens is 188 g/mol. The second kappa shape index (κ2) is 3.25. The lowest BCUT2D eigenvalue weighted by Crippen LogP contribution is -2.33. The highest BCUT2D eigenvalue weighted by molar-refractivity contribution is 7.83. The quantitative estimate of drug-likeness (QED) is 0.476. The SMILES string of the molecule is O=C1NCC(CNS(=O)(=O)O)O1. The molecule has 1 unspecified atom stereocenters. The summed E-state index contributed by atoms with van der Waals surface area (Å²) in [5.74, 6) is 0. The molecule has 8 heteroatoms. The first-order valence-electron chi connectivity index (χ1n) is 3.14. The maximum atomic E-state index is 10.4. The van der Waals surface area contributed by atoms with Gasteiger partial charge in [-0.1, -0.05) is 0 Å². The summed E-state index contributed by atoms with van der Waals surface area (Å²) in [4.78, 5) is 10.4. The van der Waals surface area contributed by atoms with E-state index in [1.807, 2.05) is 0 Å². The van der Waals surface area contributed by atoms with Crippen LogP contribution in [0.1, 0.15) is 0 Å². The fourth-order valence-corrected chi connectivity index (χ4v) is 1.14. The number of rotatable bonds is 3. The number of nitrogens with one attached hydrogen (secondary N) is 2. The summed E-state index contributed by atoms with van der Waals surface area (Å²) in [6.45, 7) is 0.110. The van der Waals surface area contributed by atoms with Crippen LogP contribution < -0.4 is 10.0 Å². The molecule has 1 amide bonds. The van der Waals surface area contributed by atoms with Crippen LogP contribution in [0.5, 0.6) is 0 Å². The first-order chi connectivity index (χ1) is 5.47. The molecule has 0 aromatic carbocycles. The minimum absolute atomic E-state index is 0.127. The van der Waals surface area contributed by atoms with Crippen molar-refractivity contribution in [3.63, 3.8) is 0 Å². The second-order valence-corrected chi connectivity index (χ2v) is 3.47. The van der Waals surface area contributed by atoms with Crippen molar-refractivity contribution in [3.8, 4) is 0 Å². The van der Waals surface area contributed by atoms with Crippen LogP contribution in [0.3, 0.4) is 0 Å². The fourth-order valence-electron chi connectivity index (χ4n) is 0.744. The van der Waals surface area contributed by atoms with E-state index < -0.39 is 22.5 Å². The minimum atomic E-state index is -4.20. The van der Waals surface area contributed by atoms with Crippen LogP contribution in [0.2, 0.25) is 0 Å². The molecule has 70 valence electrons. The van der Waals surface area contributed by atoms with Gasteiger partial charge in [-0.3, -0.25) is 4.55 Å². The van der Waals surface area contributed by atoms with Crippen molar-refractivity contribution in [1.29, 1.82) is 0 Å². The van der Waals surface area contributed by atoms with E-state index in [4.69, 9.17) is 4.55 Å². The Kier molecular flexibility index (Phi) is 2.50. The predicted octanol–water partition coefficient (Wildman–Crippen LogP) is -1.51. The monoisotopic (exact) mass is 196 g/mol. The van der Waals surface area contributed by atoms with Crippen LogP contribution in [0.15, 0.2) is 0 Å². The van der Waals surface area contributed by atoms with Gasteiger partial charge in [-0.05, 0) is 0 Å². The van der Waals surface area contributed by atoms with Crippen LogP contribution >= 0.6 is 0 Å². The van der Waals surface area contributed by atoms with Crippen molar-refractivity contribution in [2.75, 3.05) is 13.1 Å². The standard InChI is InChI=1S/C4H8N2O5S/c7-4-5-1-3(11-4)2-6-12(8,9)10/h3,6H,1-2H2,(H,5,7)(H,8,9,10). The van der Waals surface area contributed by atoms with E-state index in [1.165, 1.54) is 0 Å². The molecule has 1 rings (SSSR count). The number of hydrogen-bond acceptors (Lipinski definition) is 4. The maximum absolute atomic E-state index is 10.4.